The molecule has 6 heteroatoms. The summed E-state index contributed by atoms with van der Waals surface area (Å²) >= 11 is 0. The number of para-hydroxylation sites is 1. The van der Waals surface area contributed by atoms with Crippen molar-refractivity contribution in [2.24, 2.45) is 5.73 Å². The molecule has 1 aromatic heterocycles. The molecule has 1 aromatic carbocycles. The first-order chi connectivity index (χ1) is 10.2. The van der Waals surface area contributed by atoms with Crippen LogP contribution in [0.1, 0.15) is 16.1 Å². The predicted octanol–water partition coefficient (Wildman–Crippen LogP) is 1.15. The van der Waals surface area contributed by atoms with E-state index in [4.69, 9.17) is 10.2 Å². The van der Waals surface area contributed by atoms with E-state index in [1.54, 1.807) is 30.3 Å². The van der Waals surface area contributed by atoms with Crippen molar-refractivity contribution in [2.75, 3.05) is 18.4 Å². The molecule has 2 rings (SSSR count). The molecule has 0 bridgehead atoms. The molecule has 1 heterocycles. The average Bonchev–Trinajstić information content (AvgIpc) is 3.01. The van der Waals surface area contributed by atoms with E-state index in [0.29, 0.717) is 18.8 Å². The number of amides is 2. The van der Waals surface area contributed by atoms with Gasteiger partial charge < -0.3 is 20.8 Å². The molecule has 0 aliphatic heterocycles. The fourth-order valence-electron chi connectivity index (χ4n) is 1.84. The summed E-state index contributed by atoms with van der Waals surface area (Å²) in [5.41, 5.74) is 6.65. The molecule has 2 aromatic rings. The third-order valence-electron chi connectivity index (χ3n) is 2.83. The first kappa shape index (κ1) is 14.8. The summed E-state index contributed by atoms with van der Waals surface area (Å²) in [5.74, 6) is -0.271. The van der Waals surface area contributed by atoms with E-state index in [9.17, 15) is 9.59 Å². The van der Waals surface area contributed by atoms with Crippen LogP contribution >= 0.6 is 0 Å². The van der Waals surface area contributed by atoms with Gasteiger partial charge in [0.15, 0.2) is 5.76 Å². The van der Waals surface area contributed by atoms with Crippen molar-refractivity contribution in [1.29, 1.82) is 0 Å². The van der Waals surface area contributed by atoms with Gasteiger partial charge in [-0.25, -0.2) is 0 Å². The molecule has 0 saturated carbocycles. The summed E-state index contributed by atoms with van der Waals surface area (Å²) < 4.78 is 5.04. The van der Waals surface area contributed by atoms with Gasteiger partial charge in [0.05, 0.1) is 12.7 Å². The van der Waals surface area contributed by atoms with Crippen LogP contribution in [0.25, 0.3) is 0 Å². The Hall–Kier alpha value is -2.60. The van der Waals surface area contributed by atoms with Gasteiger partial charge >= 0.3 is 0 Å². The molecule has 0 fully saturated rings. The standard InChI is InChI=1S/C15H17N3O3/c16-7-8-17-14(19)10-11-4-1-2-5-12(11)18-15(20)13-6-3-9-21-13/h1-6,9H,7-8,10,16H2,(H,17,19)(H,18,20). The second-order valence-corrected chi connectivity index (χ2v) is 4.40. The fraction of sp³-hybridized carbons (Fsp3) is 0.200. The van der Waals surface area contributed by atoms with Gasteiger partial charge in [-0.15, -0.1) is 0 Å². The van der Waals surface area contributed by atoms with Crippen LogP contribution in [0.15, 0.2) is 47.1 Å². The maximum atomic E-state index is 12.0. The molecule has 110 valence electrons. The molecule has 0 aliphatic carbocycles. The summed E-state index contributed by atoms with van der Waals surface area (Å²) in [4.78, 5) is 23.7. The maximum absolute atomic E-state index is 12.0. The summed E-state index contributed by atoms with van der Waals surface area (Å²) in [7, 11) is 0. The zero-order valence-corrected chi connectivity index (χ0v) is 11.5. The molecule has 0 saturated heterocycles. The number of furan rings is 1. The van der Waals surface area contributed by atoms with Gasteiger partial charge in [-0.3, -0.25) is 9.59 Å². The lowest BCUT2D eigenvalue weighted by Crippen LogP contribution is -2.30. The van der Waals surface area contributed by atoms with Crippen molar-refractivity contribution in [3.05, 3.63) is 54.0 Å². The number of hydrogen-bond donors (Lipinski definition) is 3. The Bertz CT molecular complexity index is 608. The summed E-state index contributed by atoms with van der Waals surface area (Å²) in [6, 6.07) is 10.4. The molecule has 0 radical (unpaired) electrons. The van der Waals surface area contributed by atoms with Gasteiger partial charge in [-0.2, -0.15) is 0 Å². The van der Waals surface area contributed by atoms with Crippen LogP contribution in [0, 0.1) is 0 Å². The SMILES string of the molecule is NCCNC(=O)Cc1ccccc1NC(=O)c1ccco1. The predicted molar refractivity (Wildman–Crippen MR) is 78.9 cm³/mol. The lowest BCUT2D eigenvalue weighted by molar-refractivity contribution is -0.120. The minimum absolute atomic E-state index is 0.139. The smallest absolute Gasteiger partial charge is 0.291 e. The molecule has 0 unspecified atom stereocenters. The number of rotatable bonds is 6. The monoisotopic (exact) mass is 287 g/mol. The summed E-state index contributed by atoms with van der Waals surface area (Å²) in [6.07, 6.45) is 1.61. The normalized spacial score (nSPS) is 10.1. The Morgan fingerprint density at radius 2 is 1.95 bits per heavy atom. The number of carbonyl (C=O) groups is 2. The third-order valence-corrected chi connectivity index (χ3v) is 2.83. The number of nitrogens with two attached hydrogens (primary N) is 1. The van der Waals surface area contributed by atoms with Crippen molar-refractivity contribution in [3.8, 4) is 0 Å². The summed E-state index contributed by atoms with van der Waals surface area (Å²) in [5, 5.41) is 5.43. The Morgan fingerprint density at radius 1 is 1.14 bits per heavy atom. The van der Waals surface area contributed by atoms with E-state index in [1.165, 1.54) is 6.26 Å². The molecule has 4 N–H and O–H groups in total. The molecule has 6 nitrogen and oxygen atoms in total. The highest BCUT2D eigenvalue weighted by molar-refractivity contribution is 6.03. The number of carbonyl (C=O) groups excluding carboxylic acids is 2. The van der Waals surface area contributed by atoms with E-state index in [0.717, 1.165) is 5.56 Å². The first-order valence-electron chi connectivity index (χ1n) is 6.60. The van der Waals surface area contributed by atoms with Crippen LogP contribution in [0.4, 0.5) is 5.69 Å². The Kier molecular flexibility index (Phi) is 5.11. The highest BCUT2D eigenvalue weighted by Gasteiger charge is 2.12. The lowest BCUT2D eigenvalue weighted by Gasteiger charge is -2.10. The van der Waals surface area contributed by atoms with Gasteiger partial charge in [-0.1, -0.05) is 18.2 Å². The lowest BCUT2D eigenvalue weighted by atomic mass is 10.1. The highest BCUT2D eigenvalue weighted by atomic mass is 16.3. The van der Waals surface area contributed by atoms with E-state index in [2.05, 4.69) is 10.6 Å². The number of hydrogen-bond acceptors (Lipinski definition) is 4. The van der Waals surface area contributed by atoms with Crippen molar-refractivity contribution in [2.45, 2.75) is 6.42 Å². The van der Waals surface area contributed by atoms with Crippen LogP contribution in [0.5, 0.6) is 0 Å². The highest BCUT2D eigenvalue weighted by Crippen LogP contribution is 2.17. The zero-order chi connectivity index (χ0) is 15.1. The van der Waals surface area contributed by atoms with Crippen LogP contribution in [-0.2, 0) is 11.2 Å². The first-order valence-corrected chi connectivity index (χ1v) is 6.60. The van der Waals surface area contributed by atoms with E-state index < -0.39 is 0 Å². The minimum atomic E-state index is -0.352. The number of benzene rings is 1. The fourth-order valence-corrected chi connectivity index (χ4v) is 1.84. The second kappa shape index (κ2) is 7.25. The van der Waals surface area contributed by atoms with Crippen molar-refractivity contribution in [3.63, 3.8) is 0 Å². The van der Waals surface area contributed by atoms with Crippen molar-refractivity contribution >= 4 is 17.5 Å². The Balaban J connectivity index is 2.06. The van der Waals surface area contributed by atoms with Gasteiger partial charge in [0, 0.05) is 18.8 Å². The van der Waals surface area contributed by atoms with E-state index in [1.807, 2.05) is 6.07 Å². The minimum Gasteiger partial charge on any atom is -0.459 e. The Labute approximate surface area is 122 Å². The number of anilines is 1. The number of nitrogens with one attached hydrogen (secondary N) is 2. The largest absolute Gasteiger partial charge is 0.459 e. The van der Waals surface area contributed by atoms with Crippen LogP contribution < -0.4 is 16.4 Å². The van der Waals surface area contributed by atoms with Crippen LogP contribution in [0.2, 0.25) is 0 Å². The Morgan fingerprint density at radius 3 is 2.67 bits per heavy atom. The third kappa shape index (κ3) is 4.19. The van der Waals surface area contributed by atoms with Crippen molar-refractivity contribution < 1.29 is 14.0 Å². The zero-order valence-electron chi connectivity index (χ0n) is 11.5. The molecule has 0 atom stereocenters. The van der Waals surface area contributed by atoms with Crippen LogP contribution in [-0.4, -0.2) is 24.9 Å². The van der Waals surface area contributed by atoms with Gasteiger partial charge in [0.1, 0.15) is 0 Å². The summed E-state index contributed by atoms with van der Waals surface area (Å²) in [6.45, 7) is 0.822. The molecular weight excluding hydrogens is 270 g/mol. The quantitative estimate of drug-likeness (QED) is 0.742. The molecule has 0 aliphatic rings. The van der Waals surface area contributed by atoms with Crippen molar-refractivity contribution in [1.82, 2.24) is 5.32 Å². The van der Waals surface area contributed by atoms with E-state index in [-0.39, 0.29) is 24.0 Å². The molecule has 0 spiro atoms. The molecular formula is C15H17N3O3. The van der Waals surface area contributed by atoms with Gasteiger partial charge in [0.25, 0.3) is 5.91 Å². The topological polar surface area (TPSA) is 97.4 Å². The van der Waals surface area contributed by atoms with Gasteiger partial charge in [-0.05, 0) is 23.8 Å². The molecule has 21 heavy (non-hydrogen) atoms. The van der Waals surface area contributed by atoms with Gasteiger partial charge in [0.2, 0.25) is 5.91 Å². The second-order valence-electron chi connectivity index (χ2n) is 4.40. The van der Waals surface area contributed by atoms with Crippen LogP contribution in [0.3, 0.4) is 0 Å². The average molecular weight is 287 g/mol. The van der Waals surface area contributed by atoms with E-state index >= 15 is 0 Å². The molecule has 2 amide bonds. The maximum Gasteiger partial charge on any atom is 0.291 e.